The van der Waals surface area contributed by atoms with E-state index in [1.54, 1.807) is 0 Å². The van der Waals surface area contributed by atoms with Gasteiger partial charge in [-0.2, -0.15) is 0 Å². The van der Waals surface area contributed by atoms with E-state index in [4.69, 9.17) is 5.84 Å². The number of nitrogens with zero attached hydrogens (tertiary/aromatic N) is 1. The van der Waals surface area contributed by atoms with Gasteiger partial charge in [0.05, 0.1) is 0 Å². The highest BCUT2D eigenvalue weighted by Gasteiger charge is 2.42. The zero-order valence-electron chi connectivity index (χ0n) is 11.1. The Labute approximate surface area is 100 Å². The molecule has 0 aliphatic heterocycles. The smallest absolute Gasteiger partial charge is 0.0397 e. The Hall–Kier alpha value is -0.380. The lowest BCUT2D eigenvalue weighted by Crippen LogP contribution is -2.59. The summed E-state index contributed by atoms with van der Waals surface area (Å²) in [5, 5.41) is 0. The predicted molar refractivity (Wildman–Crippen MR) is 70.0 cm³/mol. The van der Waals surface area contributed by atoms with E-state index in [1.165, 1.54) is 31.3 Å². The molecule has 1 atom stereocenters. The van der Waals surface area contributed by atoms with Crippen LogP contribution in [0.2, 0.25) is 0 Å². The van der Waals surface area contributed by atoms with Gasteiger partial charge < -0.3 is 4.90 Å². The number of allylic oxidation sites excluding steroid dienone is 1. The molecule has 94 valence electrons. The molecule has 3 N–H and O–H groups in total. The van der Waals surface area contributed by atoms with Crippen LogP contribution in [-0.4, -0.2) is 30.6 Å². The van der Waals surface area contributed by atoms with Gasteiger partial charge in [-0.05, 0) is 46.7 Å². The molecule has 0 aromatic carbocycles. The minimum atomic E-state index is 0.254. The third-order valence-electron chi connectivity index (χ3n) is 4.07. The number of hydrazine groups is 1. The molecular formula is C13H27N3. The number of nitrogens with one attached hydrogen (secondary N) is 1. The van der Waals surface area contributed by atoms with Gasteiger partial charge in [0.25, 0.3) is 0 Å². The van der Waals surface area contributed by atoms with Gasteiger partial charge in [0.15, 0.2) is 0 Å². The SMILES string of the molecule is C=C(C)CCC(NN)C1(N(C)C)CCCC1. The van der Waals surface area contributed by atoms with Crippen LogP contribution in [0.15, 0.2) is 12.2 Å². The fourth-order valence-electron chi connectivity index (χ4n) is 2.99. The molecule has 16 heavy (non-hydrogen) atoms. The number of hydrogen-bond donors (Lipinski definition) is 2. The van der Waals surface area contributed by atoms with Crippen molar-refractivity contribution in [2.24, 2.45) is 5.84 Å². The Bertz CT molecular complexity index is 229. The van der Waals surface area contributed by atoms with Crippen molar-refractivity contribution < 1.29 is 0 Å². The number of likely N-dealkylation sites (N-methyl/N-ethyl adjacent to an activating group) is 1. The van der Waals surface area contributed by atoms with Crippen molar-refractivity contribution in [3.63, 3.8) is 0 Å². The van der Waals surface area contributed by atoms with Gasteiger partial charge in [-0.3, -0.25) is 11.3 Å². The molecule has 0 saturated heterocycles. The van der Waals surface area contributed by atoms with Crippen molar-refractivity contribution >= 4 is 0 Å². The lowest BCUT2D eigenvalue weighted by Gasteiger charge is -2.43. The average molecular weight is 225 g/mol. The molecule has 1 aliphatic rings. The monoisotopic (exact) mass is 225 g/mol. The zero-order chi connectivity index (χ0) is 12.2. The summed E-state index contributed by atoms with van der Waals surface area (Å²) >= 11 is 0. The maximum Gasteiger partial charge on any atom is 0.0397 e. The third kappa shape index (κ3) is 2.84. The summed E-state index contributed by atoms with van der Waals surface area (Å²) < 4.78 is 0. The second kappa shape index (κ2) is 5.80. The molecular weight excluding hydrogens is 198 g/mol. The van der Waals surface area contributed by atoms with Gasteiger partial charge >= 0.3 is 0 Å². The molecule has 1 fully saturated rings. The standard InChI is InChI=1S/C13H27N3/c1-11(2)7-8-12(15-14)13(16(3)4)9-5-6-10-13/h12,15H,1,5-10,14H2,2-4H3. The normalized spacial score (nSPS) is 21.3. The van der Waals surface area contributed by atoms with E-state index in [0.29, 0.717) is 6.04 Å². The molecule has 3 nitrogen and oxygen atoms in total. The summed E-state index contributed by atoms with van der Waals surface area (Å²) in [4.78, 5) is 2.36. The summed E-state index contributed by atoms with van der Waals surface area (Å²) in [5.74, 6) is 5.76. The summed E-state index contributed by atoms with van der Waals surface area (Å²) in [5.41, 5.74) is 4.54. The molecule has 0 aromatic heterocycles. The Morgan fingerprint density at radius 2 is 2.00 bits per heavy atom. The Kier molecular flexibility index (Phi) is 4.96. The molecule has 0 heterocycles. The first kappa shape index (κ1) is 13.7. The molecule has 1 rings (SSSR count). The van der Waals surface area contributed by atoms with E-state index >= 15 is 0 Å². The van der Waals surface area contributed by atoms with Crippen molar-refractivity contribution in [3.8, 4) is 0 Å². The lowest BCUT2D eigenvalue weighted by atomic mass is 9.84. The van der Waals surface area contributed by atoms with E-state index in [1.807, 2.05) is 0 Å². The maximum atomic E-state index is 5.76. The highest BCUT2D eigenvalue weighted by molar-refractivity contribution is 5.03. The van der Waals surface area contributed by atoms with E-state index in [0.717, 1.165) is 12.8 Å². The van der Waals surface area contributed by atoms with E-state index in [9.17, 15) is 0 Å². The first-order valence-corrected chi connectivity index (χ1v) is 6.31. The molecule has 1 aliphatic carbocycles. The van der Waals surface area contributed by atoms with Crippen molar-refractivity contribution in [2.75, 3.05) is 14.1 Å². The molecule has 0 spiro atoms. The van der Waals surface area contributed by atoms with Gasteiger partial charge in [0.1, 0.15) is 0 Å². The summed E-state index contributed by atoms with van der Waals surface area (Å²) in [6, 6.07) is 0.377. The zero-order valence-corrected chi connectivity index (χ0v) is 11.1. The van der Waals surface area contributed by atoms with Gasteiger partial charge in [-0.15, -0.1) is 6.58 Å². The molecule has 3 heteroatoms. The largest absolute Gasteiger partial charge is 0.302 e. The molecule has 0 bridgehead atoms. The second-order valence-corrected chi connectivity index (χ2v) is 5.42. The highest BCUT2D eigenvalue weighted by atomic mass is 15.3. The first-order chi connectivity index (χ1) is 7.53. The quantitative estimate of drug-likeness (QED) is 0.413. The van der Waals surface area contributed by atoms with Crippen molar-refractivity contribution in [1.29, 1.82) is 0 Å². The fraction of sp³-hybridized carbons (Fsp3) is 0.846. The van der Waals surface area contributed by atoms with E-state index in [-0.39, 0.29) is 5.54 Å². The Balaban J connectivity index is 2.70. The van der Waals surface area contributed by atoms with Crippen molar-refractivity contribution in [1.82, 2.24) is 10.3 Å². The number of hydrogen-bond acceptors (Lipinski definition) is 3. The average Bonchev–Trinajstić information content (AvgIpc) is 2.68. The molecule has 0 amide bonds. The first-order valence-electron chi connectivity index (χ1n) is 6.31. The van der Waals surface area contributed by atoms with E-state index < -0.39 is 0 Å². The Morgan fingerprint density at radius 3 is 2.38 bits per heavy atom. The van der Waals surface area contributed by atoms with Gasteiger partial charge in [-0.25, -0.2) is 0 Å². The van der Waals surface area contributed by atoms with Crippen LogP contribution in [0.1, 0.15) is 45.4 Å². The molecule has 1 unspecified atom stereocenters. The van der Waals surface area contributed by atoms with Crippen LogP contribution in [0.5, 0.6) is 0 Å². The van der Waals surface area contributed by atoms with Crippen LogP contribution in [0, 0.1) is 0 Å². The van der Waals surface area contributed by atoms with Crippen LogP contribution in [-0.2, 0) is 0 Å². The summed E-state index contributed by atoms with van der Waals surface area (Å²) in [6.45, 7) is 6.06. The van der Waals surface area contributed by atoms with Crippen molar-refractivity contribution in [3.05, 3.63) is 12.2 Å². The minimum Gasteiger partial charge on any atom is -0.302 e. The van der Waals surface area contributed by atoms with Gasteiger partial charge in [0.2, 0.25) is 0 Å². The topological polar surface area (TPSA) is 41.3 Å². The minimum absolute atomic E-state index is 0.254. The Morgan fingerprint density at radius 1 is 1.44 bits per heavy atom. The fourth-order valence-corrected chi connectivity index (χ4v) is 2.99. The van der Waals surface area contributed by atoms with Crippen LogP contribution < -0.4 is 11.3 Å². The lowest BCUT2D eigenvalue weighted by molar-refractivity contribution is 0.100. The summed E-state index contributed by atoms with van der Waals surface area (Å²) in [7, 11) is 4.35. The van der Waals surface area contributed by atoms with Crippen molar-refractivity contribution in [2.45, 2.75) is 57.0 Å². The molecule has 0 radical (unpaired) electrons. The molecule has 1 saturated carbocycles. The van der Waals surface area contributed by atoms with Crippen LogP contribution in [0.4, 0.5) is 0 Å². The van der Waals surface area contributed by atoms with Gasteiger partial charge in [-0.1, -0.05) is 18.4 Å². The van der Waals surface area contributed by atoms with Crippen LogP contribution in [0.3, 0.4) is 0 Å². The summed E-state index contributed by atoms with van der Waals surface area (Å²) in [6.07, 6.45) is 7.30. The molecule has 0 aromatic rings. The maximum absolute atomic E-state index is 5.76. The highest BCUT2D eigenvalue weighted by Crippen LogP contribution is 2.38. The predicted octanol–water partition coefficient (Wildman–Crippen LogP) is 2.05. The third-order valence-corrected chi connectivity index (χ3v) is 4.07. The van der Waals surface area contributed by atoms with Gasteiger partial charge in [0, 0.05) is 11.6 Å². The van der Waals surface area contributed by atoms with Crippen LogP contribution >= 0.6 is 0 Å². The van der Waals surface area contributed by atoms with E-state index in [2.05, 4.69) is 37.9 Å². The van der Waals surface area contributed by atoms with Crippen LogP contribution in [0.25, 0.3) is 0 Å². The number of rotatable bonds is 6. The second-order valence-electron chi connectivity index (χ2n) is 5.42. The number of nitrogens with two attached hydrogens (primary N) is 1.